The van der Waals surface area contributed by atoms with Crippen molar-refractivity contribution in [3.8, 4) is 0 Å². The summed E-state index contributed by atoms with van der Waals surface area (Å²) in [6, 6.07) is 25.8. The molecule has 15 nitrogen and oxygen atoms in total. The Bertz CT molecular complexity index is 2070. The lowest BCUT2D eigenvalue weighted by Crippen LogP contribution is -2.49. The van der Waals surface area contributed by atoms with Crippen LogP contribution in [-0.4, -0.2) is 106 Å². The van der Waals surface area contributed by atoms with Gasteiger partial charge in [-0.2, -0.15) is 0 Å². The number of rotatable bonds is 14. The van der Waals surface area contributed by atoms with Crippen molar-refractivity contribution >= 4 is 40.5 Å². The highest BCUT2D eigenvalue weighted by Gasteiger charge is 2.46. The van der Waals surface area contributed by atoms with Gasteiger partial charge < -0.3 is 46.7 Å². The average molecular weight is 775 g/mol. The van der Waals surface area contributed by atoms with Gasteiger partial charge >= 0.3 is 6.03 Å². The zero-order valence-electron chi connectivity index (χ0n) is 31.9. The fourth-order valence-corrected chi connectivity index (χ4v) is 7.90. The fourth-order valence-electron chi connectivity index (χ4n) is 7.90. The molecule has 0 spiro atoms. The molecule has 15 heteroatoms. The molecule has 4 amide bonds. The minimum atomic E-state index is -1.27. The standard InChI is InChI=1S/C42H50N10O5/c1-2-43-40(55)30-23-29(36(53)37(30)54)32-25-47-35-34(32)50-39(51-38(35)48-24-31(26-11-5-3-6-12-26)27-13-7-4-8-14-27)41(56)45-19-20-46-42(57)49-28-16-21-52(22-17-28)33-15-9-10-18-44-33/h3-15,18,25,28-31,36-37,47,53-54H,2,16-17,19-24H2,1H3,(H,43,55)(H,45,56)(H2,46,49,57)(H,48,50,51)/t29-,30-,36-,37+/m0/s1. The molecule has 4 atom stereocenters. The molecule has 8 N–H and O–H groups in total. The van der Waals surface area contributed by atoms with E-state index in [0.29, 0.717) is 35.5 Å². The molecule has 0 radical (unpaired) electrons. The average Bonchev–Trinajstić information content (AvgIpc) is 3.80. The summed E-state index contributed by atoms with van der Waals surface area (Å²) < 4.78 is 0. The summed E-state index contributed by atoms with van der Waals surface area (Å²) in [5.74, 6) is -1.17. The van der Waals surface area contributed by atoms with Crippen molar-refractivity contribution in [3.63, 3.8) is 0 Å². The molecule has 2 aromatic carbocycles. The van der Waals surface area contributed by atoms with Gasteiger partial charge in [-0.05, 0) is 49.4 Å². The van der Waals surface area contributed by atoms with Crippen LogP contribution in [0.25, 0.3) is 11.0 Å². The second-order valence-electron chi connectivity index (χ2n) is 14.5. The molecular weight excluding hydrogens is 725 g/mol. The van der Waals surface area contributed by atoms with Crippen molar-refractivity contribution in [2.75, 3.05) is 49.5 Å². The molecule has 3 aromatic heterocycles. The number of pyridine rings is 1. The number of aliphatic hydroxyl groups excluding tert-OH is 2. The number of carbonyl (C=O) groups is 3. The summed E-state index contributed by atoms with van der Waals surface area (Å²) in [5.41, 5.74) is 3.67. The predicted molar refractivity (Wildman–Crippen MR) is 217 cm³/mol. The van der Waals surface area contributed by atoms with E-state index in [-0.39, 0.29) is 49.2 Å². The van der Waals surface area contributed by atoms with Crippen LogP contribution >= 0.6 is 0 Å². The second kappa shape index (κ2) is 18.3. The number of carbonyl (C=O) groups excluding carboxylic acids is 3. The Morgan fingerprint density at radius 1 is 0.860 bits per heavy atom. The Morgan fingerprint density at radius 2 is 1.54 bits per heavy atom. The quantitative estimate of drug-likeness (QED) is 0.0773. The maximum Gasteiger partial charge on any atom is 0.315 e. The number of hydrogen-bond donors (Lipinski definition) is 8. The minimum absolute atomic E-state index is 0.0281. The Balaban J connectivity index is 1.05. The molecule has 4 heterocycles. The molecule has 5 aromatic rings. The van der Waals surface area contributed by atoms with Crippen LogP contribution in [0.3, 0.4) is 0 Å². The summed E-state index contributed by atoms with van der Waals surface area (Å²) >= 11 is 0. The fraction of sp³-hybridized carbons (Fsp3) is 0.381. The van der Waals surface area contributed by atoms with Crippen molar-refractivity contribution in [3.05, 3.63) is 114 Å². The number of hydrogen-bond acceptors (Lipinski definition) is 10. The summed E-state index contributed by atoms with van der Waals surface area (Å²) in [5, 5.41) is 37.0. The van der Waals surface area contributed by atoms with Gasteiger partial charge in [0.25, 0.3) is 5.91 Å². The SMILES string of the molecule is CCNC(=O)[C@H]1C[C@@H](c2c[nH]c3c(NCC(c4ccccc4)c4ccccc4)nc(C(=O)NCCNC(=O)NC4CCN(c5ccccn5)CC4)nc23)[C@H](O)[C@@H]1O. The van der Waals surface area contributed by atoms with Gasteiger partial charge in [-0.1, -0.05) is 66.7 Å². The molecule has 1 aliphatic heterocycles. The zero-order chi connectivity index (χ0) is 39.7. The topological polar surface area (TPSA) is 210 Å². The van der Waals surface area contributed by atoms with Gasteiger partial charge in [0.1, 0.15) is 11.3 Å². The van der Waals surface area contributed by atoms with Crippen LogP contribution in [0.4, 0.5) is 16.4 Å². The molecule has 1 saturated carbocycles. The Hall–Kier alpha value is -6.06. The summed E-state index contributed by atoms with van der Waals surface area (Å²) in [4.78, 5) is 58.4. The van der Waals surface area contributed by atoms with Crippen molar-refractivity contribution in [2.45, 2.75) is 56.3 Å². The number of anilines is 2. The van der Waals surface area contributed by atoms with Crippen molar-refractivity contribution in [1.82, 2.24) is 41.2 Å². The van der Waals surface area contributed by atoms with Gasteiger partial charge in [-0.15, -0.1) is 0 Å². The van der Waals surface area contributed by atoms with Crippen molar-refractivity contribution < 1.29 is 24.6 Å². The number of aliphatic hydroxyl groups is 2. The molecule has 1 aliphatic carbocycles. The first-order chi connectivity index (χ1) is 27.8. The van der Waals surface area contributed by atoms with Crippen LogP contribution in [0.5, 0.6) is 0 Å². The van der Waals surface area contributed by atoms with E-state index in [0.717, 1.165) is 42.9 Å². The number of nitrogens with one attached hydrogen (secondary N) is 6. The molecule has 57 heavy (non-hydrogen) atoms. The van der Waals surface area contributed by atoms with Crippen LogP contribution in [-0.2, 0) is 4.79 Å². The number of nitrogens with zero attached hydrogens (tertiary/aromatic N) is 4. The summed E-state index contributed by atoms with van der Waals surface area (Å²) in [6.07, 6.45) is 2.75. The summed E-state index contributed by atoms with van der Waals surface area (Å²) in [7, 11) is 0. The van der Waals surface area contributed by atoms with Gasteiger partial charge in [0.15, 0.2) is 5.82 Å². The molecule has 0 unspecified atom stereocenters. The molecule has 0 bridgehead atoms. The van der Waals surface area contributed by atoms with E-state index in [9.17, 15) is 24.6 Å². The third kappa shape index (κ3) is 9.16. The molecule has 7 rings (SSSR count). The highest BCUT2D eigenvalue weighted by atomic mass is 16.3. The highest BCUT2D eigenvalue weighted by Crippen LogP contribution is 2.42. The first-order valence-corrected chi connectivity index (χ1v) is 19.7. The lowest BCUT2D eigenvalue weighted by Gasteiger charge is -2.33. The number of urea groups is 1. The van der Waals surface area contributed by atoms with Crippen molar-refractivity contribution in [2.24, 2.45) is 5.92 Å². The zero-order valence-corrected chi connectivity index (χ0v) is 31.9. The van der Waals surface area contributed by atoms with Crippen LogP contribution in [0.1, 0.15) is 65.3 Å². The molecular formula is C42H50N10O5. The lowest BCUT2D eigenvalue weighted by atomic mass is 9.91. The third-order valence-corrected chi connectivity index (χ3v) is 10.9. The Morgan fingerprint density at radius 3 is 2.21 bits per heavy atom. The van der Waals surface area contributed by atoms with E-state index >= 15 is 0 Å². The van der Waals surface area contributed by atoms with E-state index in [4.69, 9.17) is 0 Å². The number of aromatic nitrogens is 4. The number of H-pyrrole nitrogens is 1. The van der Waals surface area contributed by atoms with Crippen molar-refractivity contribution in [1.29, 1.82) is 0 Å². The van der Waals surface area contributed by atoms with Crippen LogP contribution in [0, 0.1) is 5.92 Å². The molecule has 2 aliphatic rings. The van der Waals surface area contributed by atoms with Gasteiger partial charge in [-0.3, -0.25) is 9.59 Å². The normalized spacial score (nSPS) is 19.7. The summed E-state index contributed by atoms with van der Waals surface area (Å²) in [6.45, 7) is 4.51. The third-order valence-electron chi connectivity index (χ3n) is 10.9. The largest absolute Gasteiger partial charge is 0.390 e. The number of amides is 4. The number of fused-ring (bicyclic) bond motifs is 1. The monoisotopic (exact) mass is 774 g/mol. The van der Waals surface area contributed by atoms with Crippen LogP contribution < -0.4 is 31.5 Å². The highest BCUT2D eigenvalue weighted by molar-refractivity contribution is 5.96. The van der Waals surface area contributed by atoms with Gasteiger partial charge in [0.2, 0.25) is 11.7 Å². The molecule has 2 fully saturated rings. The van der Waals surface area contributed by atoms with E-state index in [2.05, 4.69) is 75.7 Å². The molecule has 298 valence electrons. The maximum atomic E-state index is 13.7. The Kier molecular flexibility index (Phi) is 12.6. The van der Waals surface area contributed by atoms with Gasteiger partial charge in [-0.25, -0.2) is 19.7 Å². The van der Waals surface area contributed by atoms with E-state index < -0.39 is 30.0 Å². The lowest BCUT2D eigenvalue weighted by molar-refractivity contribution is -0.128. The predicted octanol–water partition coefficient (Wildman–Crippen LogP) is 3.26. The number of benzene rings is 2. The number of aromatic amines is 1. The van der Waals surface area contributed by atoms with E-state index in [1.165, 1.54) is 0 Å². The smallest absolute Gasteiger partial charge is 0.315 e. The molecule has 1 saturated heterocycles. The number of piperidine rings is 1. The van der Waals surface area contributed by atoms with Gasteiger partial charge in [0, 0.05) is 75.1 Å². The van der Waals surface area contributed by atoms with E-state index in [1.54, 1.807) is 19.3 Å². The first kappa shape index (κ1) is 39.2. The first-order valence-electron chi connectivity index (χ1n) is 19.7. The maximum absolute atomic E-state index is 13.7. The van der Waals surface area contributed by atoms with Crippen LogP contribution in [0.15, 0.2) is 91.3 Å². The second-order valence-corrected chi connectivity index (χ2v) is 14.5. The van der Waals surface area contributed by atoms with Crippen LogP contribution in [0.2, 0.25) is 0 Å². The minimum Gasteiger partial charge on any atom is -0.390 e. The Labute approximate surface area is 331 Å². The van der Waals surface area contributed by atoms with E-state index in [1.807, 2.05) is 54.6 Å². The van der Waals surface area contributed by atoms with Gasteiger partial charge in [0.05, 0.1) is 23.6 Å².